The van der Waals surface area contributed by atoms with Crippen molar-refractivity contribution >= 4 is 17.6 Å². The first-order valence-corrected chi connectivity index (χ1v) is 6.72. The second-order valence-corrected chi connectivity index (χ2v) is 4.74. The van der Waals surface area contributed by atoms with Crippen LogP contribution in [0.4, 0.5) is 5.82 Å². The molecular formula is C14H22N4O2. The predicted octanol–water partition coefficient (Wildman–Crippen LogP) is 0.940. The number of amides is 2. The summed E-state index contributed by atoms with van der Waals surface area (Å²) < 4.78 is 0. The summed E-state index contributed by atoms with van der Waals surface area (Å²) in [5.74, 6) is 0.158. The molecule has 0 saturated carbocycles. The molecule has 110 valence electrons. The fraction of sp³-hybridized carbons (Fsp3) is 0.500. The van der Waals surface area contributed by atoms with Gasteiger partial charge < -0.3 is 16.0 Å². The molecule has 2 amide bonds. The van der Waals surface area contributed by atoms with E-state index in [0.29, 0.717) is 11.4 Å². The molecular weight excluding hydrogens is 256 g/mol. The molecule has 0 fully saturated rings. The molecule has 1 aromatic heterocycles. The standard InChI is InChI=1S/C14H22N4O2/c1-5-11-6-10(7-12(15-4)18-11)14(20)16-8-13(19)17-9(2)3/h6-7,9H,5,8H2,1-4H3,(H,15,18)(H,16,20)(H,17,19). The second-order valence-electron chi connectivity index (χ2n) is 4.74. The number of hydrogen-bond donors (Lipinski definition) is 3. The van der Waals surface area contributed by atoms with E-state index in [4.69, 9.17) is 0 Å². The number of rotatable bonds is 6. The molecule has 1 rings (SSSR count). The third kappa shape index (κ3) is 4.87. The Hall–Kier alpha value is -2.11. The van der Waals surface area contributed by atoms with Gasteiger partial charge in [-0.05, 0) is 32.4 Å². The van der Waals surface area contributed by atoms with Crippen molar-refractivity contribution in [1.29, 1.82) is 0 Å². The van der Waals surface area contributed by atoms with Crippen LogP contribution in [-0.2, 0) is 11.2 Å². The molecule has 0 saturated heterocycles. The summed E-state index contributed by atoms with van der Waals surface area (Å²) in [6, 6.07) is 3.45. The van der Waals surface area contributed by atoms with Gasteiger partial charge in [-0.15, -0.1) is 0 Å². The van der Waals surface area contributed by atoms with Crippen molar-refractivity contribution in [2.24, 2.45) is 0 Å². The van der Waals surface area contributed by atoms with Gasteiger partial charge in [-0.25, -0.2) is 4.98 Å². The largest absolute Gasteiger partial charge is 0.373 e. The van der Waals surface area contributed by atoms with Crippen LogP contribution in [0.15, 0.2) is 12.1 Å². The second kappa shape index (κ2) is 7.47. The van der Waals surface area contributed by atoms with Gasteiger partial charge in [0.2, 0.25) is 5.91 Å². The maximum Gasteiger partial charge on any atom is 0.251 e. The number of carbonyl (C=O) groups excluding carboxylic acids is 2. The summed E-state index contributed by atoms with van der Waals surface area (Å²) in [4.78, 5) is 27.8. The van der Waals surface area contributed by atoms with E-state index in [-0.39, 0.29) is 24.4 Å². The Kier molecular flexibility index (Phi) is 5.96. The van der Waals surface area contributed by atoms with Crippen LogP contribution in [0.5, 0.6) is 0 Å². The first kappa shape index (κ1) is 15.9. The Labute approximate surface area is 119 Å². The highest BCUT2D eigenvalue weighted by molar-refractivity contribution is 5.97. The first-order chi connectivity index (χ1) is 9.46. The average molecular weight is 278 g/mol. The van der Waals surface area contributed by atoms with Gasteiger partial charge in [0.05, 0.1) is 6.54 Å². The maximum atomic E-state index is 12.0. The van der Waals surface area contributed by atoms with Gasteiger partial charge in [0.15, 0.2) is 0 Å². The Morgan fingerprint density at radius 2 is 2.00 bits per heavy atom. The van der Waals surface area contributed by atoms with E-state index in [1.807, 2.05) is 20.8 Å². The molecule has 0 bridgehead atoms. The third-order valence-electron chi connectivity index (χ3n) is 2.62. The van der Waals surface area contributed by atoms with Crippen LogP contribution in [0.2, 0.25) is 0 Å². The SMILES string of the molecule is CCc1cc(C(=O)NCC(=O)NC(C)C)cc(NC)n1. The van der Waals surface area contributed by atoms with Crippen LogP contribution in [0.25, 0.3) is 0 Å². The zero-order chi connectivity index (χ0) is 15.1. The molecule has 20 heavy (non-hydrogen) atoms. The zero-order valence-electron chi connectivity index (χ0n) is 12.4. The van der Waals surface area contributed by atoms with Gasteiger partial charge in [0.1, 0.15) is 5.82 Å². The predicted molar refractivity (Wildman–Crippen MR) is 78.8 cm³/mol. The van der Waals surface area contributed by atoms with Crippen LogP contribution < -0.4 is 16.0 Å². The molecule has 0 spiro atoms. The van der Waals surface area contributed by atoms with Crippen molar-refractivity contribution in [3.63, 3.8) is 0 Å². The molecule has 6 heteroatoms. The monoisotopic (exact) mass is 278 g/mol. The fourth-order valence-electron chi connectivity index (χ4n) is 1.66. The van der Waals surface area contributed by atoms with Crippen LogP contribution in [0.1, 0.15) is 36.8 Å². The van der Waals surface area contributed by atoms with E-state index in [2.05, 4.69) is 20.9 Å². The van der Waals surface area contributed by atoms with E-state index in [1.54, 1.807) is 19.2 Å². The lowest BCUT2D eigenvalue weighted by molar-refractivity contribution is -0.120. The average Bonchev–Trinajstić information content (AvgIpc) is 2.43. The van der Waals surface area contributed by atoms with E-state index in [9.17, 15) is 9.59 Å². The normalized spacial score (nSPS) is 10.2. The van der Waals surface area contributed by atoms with Crippen molar-refractivity contribution in [3.05, 3.63) is 23.4 Å². The van der Waals surface area contributed by atoms with Gasteiger partial charge in [-0.1, -0.05) is 6.92 Å². The summed E-state index contributed by atoms with van der Waals surface area (Å²) in [5.41, 5.74) is 1.33. The number of aromatic nitrogens is 1. The van der Waals surface area contributed by atoms with Crippen molar-refractivity contribution in [2.75, 3.05) is 18.9 Å². The Balaban J connectivity index is 2.69. The first-order valence-electron chi connectivity index (χ1n) is 6.72. The fourth-order valence-corrected chi connectivity index (χ4v) is 1.66. The van der Waals surface area contributed by atoms with E-state index >= 15 is 0 Å². The lowest BCUT2D eigenvalue weighted by Gasteiger charge is -2.10. The minimum atomic E-state index is -0.280. The maximum absolute atomic E-state index is 12.0. The van der Waals surface area contributed by atoms with E-state index < -0.39 is 0 Å². The van der Waals surface area contributed by atoms with E-state index in [1.165, 1.54) is 0 Å². The molecule has 1 heterocycles. The molecule has 0 aliphatic carbocycles. The van der Waals surface area contributed by atoms with Crippen molar-refractivity contribution in [3.8, 4) is 0 Å². The molecule has 0 aliphatic heterocycles. The van der Waals surface area contributed by atoms with Crippen molar-refractivity contribution < 1.29 is 9.59 Å². The zero-order valence-corrected chi connectivity index (χ0v) is 12.4. The smallest absolute Gasteiger partial charge is 0.251 e. The van der Waals surface area contributed by atoms with E-state index in [0.717, 1.165) is 12.1 Å². The highest BCUT2D eigenvalue weighted by Crippen LogP contribution is 2.10. The van der Waals surface area contributed by atoms with Crippen LogP contribution in [0, 0.1) is 0 Å². The number of aryl methyl sites for hydroxylation is 1. The molecule has 1 aromatic rings. The summed E-state index contributed by atoms with van der Waals surface area (Å²) in [6.07, 6.45) is 0.740. The highest BCUT2D eigenvalue weighted by atomic mass is 16.2. The van der Waals surface area contributed by atoms with Gasteiger partial charge in [-0.2, -0.15) is 0 Å². The molecule has 0 unspecified atom stereocenters. The Bertz CT molecular complexity index is 464. The van der Waals surface area contributed by atoms with Gasteiger partial charge >= 0.3 is 0 Å². The van der Waals surface area contributed by atoms with Crippen molar-refractivity contribution in [2.45, 2.75) is 33.2 Å². The summed E-state index contributed by atoms with van der Waals surface area (Å²) in [5, 5.41) is 8.23. The number of carbonyl (C=O) groups is 2. The van der Waals surface area contributed by atoms with Gasteiger partial charge in [-0.3, -0.25) is 9.59 Å². The molecule has 0 atom stereocenters. The van der Waals surface area contributed by atoms with Crippen LogP contribution >= 0.6 is 0 Å². The number of nitrogens with zero attached hydrogens (tertiary/aromatic N) is 1. The number of pyridine rings is 1. The minimum absolute atomic E-state index is 0.0321. The number of hydrogen-bond acceptors (Lipinski definition) is 4. The molecule has 3 N–H and O–H groups in total. The quantitative estimate of drug-likeness (QED) is 0.723. The summed E-state index contributed by atoms with van der Waals surface area (Å²) >= 11 is 0. The molecule has 0 aromatic carbocycles. The third-order valence-corrected chi connectivity index (χ3v) is 2.62. The molecule has 0 radical (unpaired) electrons. The lowest BCUT2D eigenvalue weighted by atomic mass is 10.2. The number of anilines is 1. The molecule has 0 aliphatic rings. The summed E-state index contributed by atoms with van der Waals surface area (Å²) in [6.45, 7) is 5.68. The van der Waals surface area contributed by atoms with Gasteiger partial charge in [0, 0.05) is 24.3 Å². The number of nitrogens with one attached hydrogen (secondary N) is 3. The molecule has 6 nitrogen and oxygen atoms in total. The Morgan fingerprint density at radius 3 is 2.55 bits per heavy atom. The minimum Gasteiger partial charge on any atom is -0.373 e. The highest BCUT2D eigenvalue weighted by Gasteiger charge is 2.11. The van der Waals surface area contributed by atoms with Gasteiger partial charge in [0.25, 0.3) is 5.91 Å². The van der Waals surface area contributed by atoms with Crippen LogP contribution in [-0.4, -0.2) is 36.4 Å². The Morgan fingerprint density at radius 1 is 1.30 bits per heavy atom. The topological polar surface area (TPSA) is 83.1 Å². The van der Waals surface area contributed by atoms with Crippen molar-refractivity contribution in [1.82, 2.24) is 15.6 Å². The summed E-state index contributed by atoms with van der Waals surface area (Å²) in [7, 11) is 1.75. The van der Waals surface area contributed by atoms with Crippen LogP contribution in [0.3, 0.4) is 0 Å². The lowest BCUT2D eigenvalue weighted by Crippen LogP contribution is -2.39.